The molecule has 0 saturated carbocycles. The number of sulfonamides is 1. The summed E-state index contributed by atoms with van der Waals surface area (Å²) >= 11 is 0. The second-order valence-corrected chi connectivity index (χ2v) is 9.83. The second kappa shape index (κ2) is 9.57. The summed E-state index contributed by atoms with van der Waals surface area (Å²) in [6, 6.07) is 19.0. The third-order valence-corrected chi connectivity index (χ3v) is 5.93. The molecule has 1 atom stereocenters. The molecule has 188 valence electrons. The number of nitrogens with one attached hydrogen (secondary N) is 1. The van der Waals surface area contributed by atoms with Crippen LogP contribution in [0.5, 0.6) is 5.75 Å². The van der Waals surface area contributed by atoms with Crippen LogP contribution in [0.2, 0.25) is 0 Å². The maximum Gasteiger partial charge on any atom is 0.573 e. The molecular weight excluding hydrogens is 497 g/mol. The van der Waals surface area contributed by atoms with Crippen LogP contribution in [-0.4, -0.2) is 31.7 Å². The van der Waals surface area contributed by atoms with Gasteiger partial charge >= 0.3 is 12.3 Å². The highest BCUT2D eigenvalue weighted by molar-refractivity contribution is 7.92. The quantitative estimate of drug-likeness (QED) is 0.357. The highest BCUT2D eigenvalue weighted by atomic mass is 32.2. The van der Waals surface area contributed by atoms with E-state index in [2.05, 4.69) is 9.46 Å². The zero-order valence-corrected chi connectivity index (χ0v) is 19.9. The molecule has 0 radical (unpaired) electrons. The van der Waals surface area contributed by atoms with Crippen LogP contribution < -0.4 is 14.3 Å². The van der Waals surface area contributed by atoms with E-state index in [1.807, 2.05) is 0 Å². The zero-order valence-electron chi connectivity index (χ0n) is 19.1. The summed E-state index contributed by atoms with van der Waals surface area (Å²) < 4.78 is 68.0. The Morgan fingerprint density at radius 3 is 2.33 bits per heavy atom. The molecule has 0 fully saturated rings. The summed E-state index contributed by atoms with van der Waals surface area (Å²) in [5.41, 5.74) is 2.85. The lowest BCUT2D eigenvalue weighted by Gasteiger charge is -2.14. The van der Waals surface area contributed by atoms with Gasteiger partial charge in [-0.15, -0.1) is 13.2 Å². The van der Waals surface area contributed by atoms with Crippen molar-refractivity contribution in [3.63, 3.8) is 0 Å². The number of benzene rings is 3. The fourth-order valence-corrected chi connectivity index (χ4v) is 4.24. The van der Waals surface area contributed by atoms with Crippen molar-refractivity contribution in [1.29, 1.82) is 0 Å². The van der Waals surface area contributed by atoms with E-state index in [4.69, 9.17) is 4.84 Å². The molecule has 0 saturated heterocycles. The number of hydrogen-bond acceptors (Lipinski definition) is 5. The number of carbonyl (C=O) groups is 1. The molecule has 4 aromatic rings. The number of nitrogens with zero attached hydrogens (tertiary/aromatic N) is 1. The molecule has 0 amide bonds. The van der Waals surface area contributed by atoms with Crippen molar-refractivity contribution in [3.8, 4) is 16.9 Å². The van der Waals surface area contributed by atoms with Gasteiger partial charge in [-0.25, -0.2) is 13.2 Å². The van der Waals surface area contributed by atoms with E-state index < -0.39 is 28.3 Å². The Balaban J connectivity index is 1.52. The smallest absolute Gasteiger partial charge is 0.406 e. The third kappa shape index (κ3) is 5.98. The summed E-state index contributed by atoms with van der Waals surface area (Å²) in [6.45, 7) is 1.67. The minimum absolute atomic E-state index is 0.326. The van der Waals surface area contributed by atoms with Gasteiger partial charge in [0.25, 0.3) is 0 Å². The molecule has 3 aromatic carbocycles. The standard InChI is InChI=1S/C25H21F3N2O5S/c1-16(18-5-3-6-19(15-18)17-9-11-20(12-10-17)34-25(26,27)28)24(31)35-30-14-13-21-22(29-36(2,32)33)7-4-8-23(21)30/h3-16,29H,1-2H3. The number of halogens is 3. The first-order chi connectivity index (χ1) is 16.9. The highest BCUT2D eigenvalue weighted by Crippen LogP contribution is 2.29. The van der Waals surface area contributed by atoms with Crippen LogP contribution in [0.1, 0.15) is 18.4 Å². The molecule has 0 aliphatic rings. The molecule has 1 aromatic heterocycles. The van der Waals surface area contributed by atoms with Crippen molar-refractivity contribution in [2.75, 3.05) is 11.0 Å². The van der Waals surface area contributed by atoms with Crippen LogP contribution in [0.4, 0.5) is 18.9 Å². The molecule has 0 aliphatic heterocycles. The summed E-state index contributed by atoms with van der Waals surface area (Å²) in [5, 5.41) is 0.559. The van der Waals surface area contributed by atoms with E-state index in [0.29, 0.717) is 33.3 Å². The predicted octanol–water partition coefficient (Wildman–Crippen LogP) is 5.34. The van der Waals surface area contributed by atoms with Crippen LogP contribution in [0, 0.1) is 0 Å². The number of aromatic nitrogens is 1. The number of carbonyl (C=O) groups excluding carboxylic acids is 1. The molecule has 1 heterocycles. The molecular formula is C25H21F3N2O5S. The first kappa shape index (κ1) is 25.1. The summed E-state index contributed by atoms with van der Waals surface area (Å²) in [5.74, 6) is -1.55. The number of rotatable bonds is 7. The Hall–Kier alpha value is -3.99. The molecule has 1 N–H and O–H groups in total. The molecule has 1 unspecified atom stereocenters. The Morgan fingerprint density at radius 2 is 1.67 bits per heavy atom. The normalized spacial score (nSPS) is 12.8. The Bertz CT molecular complexity index is 1510. The van der Waals surface area contributed by atoms with Crippen LogP contribution in [0.25, 0.3) is 22.0 Å². The largest absolute Gasteiger partial charge is 0.573 e. The Morgan fingerprint density at radius 1 is 0.972 bits per heavy atom. The molecule has 0 bridgehead atoms. The SMILES string of the molecule is CC(C(=O)On1ccc2c(NS(C)(=O)=O)cccc21)c1cccc(-c2ccc(OC(F)(F)F)cc2)c1. The van der Waals surface area contributed by atoms with E-state index in [9.17, 15) is 26.4 Å². The van der Waals surface area contributed by atoms with Gasteiger partial charge in [0.05, 0.1) is 23.4 Å². The maximum atomic E-state index is 12.9. The van der Waals surface area contributed by atoms with Gasteiger partial charge in [0.15, 0.2) is 0 Å². The number of alkyl halides is 3. The molecule has 0 spiro atoms. The number of fused-ring (bicyclic) bond motifs is 1. The van der Waals surface area contributed by atoms with Crippen LogP contribution in [0.15, 0.2) is 79.0 Å². The lowest BCUT2D eigenvalue weighted by atomic mass is 9.96. The van der Waals surface area contributed by atoms with Crippen molar-refractivity contribution in [3.05, 3.63) is 84.6 Å². The predicted molar refractivity (Wildman–Crippen MR) is 129 cm³/mol. The van der Waals surface area contributed by atoms with Crippen molar-refractivity contribution in [1.82, 2.24) is 4.73 Å². The molecule has 7 nitrogen and oxygen atoms in total. The Labute approximate surface area is 205 Å². The zero-order chi connectivity index (χ0) is 26.1. The van der Waals surface area contributed by atoms with Crippen molar-refractivity contribution < 1.29 is 36.0 Å². The van der Waals surface area contributed by atoms with Crippen LogP contribution >= 0.6 is 0 Å². The molecule has 0 aliphatic carbocycles. The maximum absolute atomic E-state index is 12.9. The number of hydrogen-bond donors (Lipinski definition) is 1. The number of ether oxygens (including phenoxy) is 1. The summed E-state index contributed by atoms with van der Waals surface area (Å²) in [6.07, 6.45) is -2.21. The first-order valence-electron chi connectivity index (χ1n) is 10.7. The van der Waals surface area contributed by atoms with Gasteiger partial charge in [-0.05, 0) is 53.9 Å². The van der Waals surface area contributed by atoms with Gasteiger partial charge in [0.1, 0.15) is 5.75 Å². The van der Waals surface area contributed by atoms with E-state index in [1.54, 1.807) is 55.5 Å². The first-order valence-corrected chi connectivity index (χ1v) is 12.5. The van der Waals surface area contributed by atoms with Gasteiger partial charge in [-0.3, -0.25) is 4.72 Å². The van der Waals surface area contributed by atoms with Crippen LogP contribution in [0.3, 0.4) is 0 Å². The van der Waals surface area contributed by atoms with E-state index >= 15 is 0 Å². The Kier molecular flexibility index (Phi) is 6.68. The minimum atomic E-state index is -4.77. The van der Waals surface area contributed by atoms with Crippen molar-refractivity contribution >= 4 is 32.6 Å². The summed E-state index contributed by atoms with van der Waals surface area (Å²) in [7, 11) is -3.49. The third-order valence-electron chi connectivity index (χ3n) is 5.34. The van der Waals surface area contributed by atoms with Crippen molar-refractivity contribution in [2.45, 2.75) is 19.2 Å². The fraction of sp³-hybridized carbons (Fsp3) is 0.160. The second-order valence-electron chi connectivity index (χ2n) is 8.08. The van der Waals surface area contributed by atoms with Crippen molar-refractivity contribution in [2.24, 2.45) is 0 Å². The highest BCUT2D eigenvalue weighted by Gasteiger charge is 2.31. The monoisotopic (exact) mass is 518 g/mol. The average molecular weight is 519 g/mol. The average Bonchev–Trinajstić information content (AvgIpc) is 3.21. The molecule has 4 rings (SSSR count). The minimum Gasteiger partial charge on any atom is -0.406 e. The molecule has 36 heavy (non-hydrogen) atoms. The molecule has 11 heteroatoms. The summed E-state index contributed by atoms with van der Waals surface area (Å²) in [4.78, 5) is 18.5. The van der Waals surface area contributed by atoms with Gasteiger partial charge in [0, 0.05) is 11.6 Å². The van der Waals surface area contributed by atoms with Crippen LogP contribution in [-0.2, 0) is 14.8 Å². The lowest BCUT2D eigenvalue weighted by Crippen LogP contribution is -2.23. The van der Waals surface area contributed by atoms with E-state index in [1.165, 1.54) is 35.2 Å². The van der Waals surface area contributed by atoms with E-state index in [0.717, 1.165) is 6.26 Å². The van der Waals surface area contributed by atoms with Gasteiger partial charge in [-0.1, -0.05) is 42.5 Å². The fourth-order valence-electron chi connectivity index (χ4n) is 3.66. The lowest BCUT2D eigenvalue weighted by molar-refractivity contribution is -0.274. The van der Waals surface area contributed by atoms with E-state index in [-0.39, 0.29) is 5.75 Å². The number of anilines is 1. The van der Waals surface area contributed by atoms with Gasteiger partial charge < -0.3 is 9.57 Å². The topological polar surface area (TPSA) is 86.6 Å². The van der Waals surface area contributed by atoms with Gasteiger partial charge in [-0.2, -0.15) is 4.73 Å². The van der Waals surface area contributed by atoms with Gasteiger partial charge in [0.2, 0.25) is 10.0 Å².